The topological polar surface area (TPSA) is 125 Å². The summed E-state index contributed by atoms with van der Waals surface area (Å²) in [5.41, 5.74) is -0.480. The van der Waals surface area contributed by atoms with Gasteiger partial charge >= 0.3 is 5.69 Å². The maximum atomic E-state index is 12.2. The first-order valence-corrected chi connectivity index (χ1v) is 8.03. The fraction of sp³-hybridized carbons (Fsp3) is 0.412. The van der Waals surface area contributed by atoms with Crippen molar-refractivity contribution in [3.05, 3.63) is 33.4 Å². The number of phenolic OH excluding ortho intramolecular Hbond substituents is 1. The van der Waals surface area contributed by atoms with Crippen molar-refractivity contribution in [2.75, 3.05) is 6.61 Å². The van der Waals surface area contributed by atoms with Crippen molar-refractivity contribution in [2.45, 2.75) is 38.6 Å². The zero-order valence-corrected chi connectivity index (χ0v) is 13.8. The molecule has 0 unspecified atom stereocenters. The molecule has 2 N–H and O–H groups in total. The summed E-state index contributed by atoms with van der Waals surface area (Å²) in [6, 6.07) is 4.32. The van der Waals surface area contributed by atoms with Crippen molar-refractivity contribution in [1.29, 1.82) is 5.26 Å². The van der Waals surface area contributed by atoms with Crippen LogP contribution >= 0.6 is 0 Å². The molecular weight excluding hydrogens is 326 g/mol. The Morgan fingerprint density at radius 1 is 1.52 bits per heavy atom. The fourth-order valence-electron chi connectivity index (χ4n) is 2.75. The molecule has 2 rings (SSSR count). The molecule has 8 heteroatoms. The smallest absolute Gasteiger partial charge is 0.315 e. The summed E-state index contributed by atoms with van der Waals surface area (Å²) in [6.45, 7) is 1.87. The molecule has 1 aromatic rings. The van der Waals surface area contributed by atoms with Gasteiger partial charge in [0.05, 0.1) is 11.5 Å². The summed E-state index contributed by atoms with van der Waals surface area (Å²) in [4.78, 5) is 22.5. The molecule has 0 aromatic heterocycles. The van der Waals surface area contributed by atoms with Gasteiger partial charge in [0, 0.05) is 12.1 Å². The molecule has 132 valence electrons. The van der Waals surface area contributed by atoms with Crippen LogP contribution in [-0.2, 0) is 4.79 Å². The first kappa shape index (κ1) is 18.3. The quantitative estimate of drug-likeness (QED) is 0.353. The molecule has 0 bridgehead atoms. The first-order chi connectivity index (χ1) is 12.0. The lowest BCUT2D eigenvalue weighted by molar-refractivity contribution is -0.386. The number of nitro benzene ring substituents is 1. The third-order valence-corrected chi connectivity index (χ3v) is 3.94. The zero-order valence-electron chi connectivity index (χ0n) is 13.8. The Bertz CT molecular complexity index is 745. The van der Waals surface area contributed by atoms with Gasteiger partial charge in [-0.15, -0.1) is 0 Å². The van der Waals surface area contributed by atoms with Crippen molar-refractivity contribution in [3.8, 4) is 17.6 Å². The van der Waals surface area contributed by atoms with Crippen LogP contribution < -0.4 is 10.1 Å². The molecule has 1 aliphatic rings. The maximum absolute atomic E-state index is 12.2. The minimum Gasteiger partial charge on any atom is -0.500 e. The van der Waals surface area contributed by atoms with Gasteiger partial charge in [-0.25, -0.2) is 0 Å². The Balaban J connectivity index is 2.34. The Morgan fingerprint density at radius 2 is 2.20 bits per heavy atom. The average Bonchev–Trinajstić information content (AvgIpc) is 3.07. The van der Waals surface area contributed by atoms with Crippen LogP contribution in [-0.4, -0.2) is 28.6 Å². The number of phenols is 1. The van der Waals surface area contributed by atoms with Crippen LogP contribution in [0, 0.1) is 21.4 Å². The summed E-state index contributed by atoms with van der Waals surface area (Å²) >= 11 is 0. The first-order valence-electron chi connectivity index (χ1n) is 8.03. The SMILES string of the molecule is CCOc1cc(/C=C(/C#N)C(=O)NC2CCCC2)cc([N+](=O)[O-])c1O. The molecule has 0 saturated heterocycles. The number of nitrogens with one attached hydrogen (secondary N) is 1. The fourth-order valence-corrected chi connectivity index (χ4v) is 2.75. The minimum atomic E-state index is -0.750. The number of nitriles is 1. The summed E-state index contributed by atoms with van der Waals surface area (Å²) in [5, 5.41) is 33.0. The van der Waals surface area contributed by atoms with E-state index in [9.17, 15) is 25.3 Å². The molecule has 0 spiro atoms. The summed E-state index contributed by atoms with van der Waals surface area (Å²) in [5.74, 6) is -1.17. The second-order valence-electron chi connectivity index (χ2n) is 5.70. The summed E-state index contributed by atoms with van der Waals surface area (Å²) < 4.78 is 5.18. The second kappa shape index (κ2) is 8.15. The lowest BCUT2D eigenvalue weighted by Crippen LogP contribution is -2.33. The Labute approximate surface area is 144 Å². The molecule has 0 radical (unpaired) electrons. The summed E-state index contributed by atoms with van der Waals surface area (Å²) in [6.07, 6.45) is 5.09. The van der Waals surface area contributed by atoms with E-state index in [-0.39, 0.29) is 29.5 Å². The molecule has 1 amide bonds. The van der Waals surface area contributed by atoms with Crippen LogP contribution in [0.15, 0.2) is 17.7 Å². The number of hydrogen-bond acceptors (Lipinski definition) is 6. The van der Waals surface area contributed by atoms with Gasteiger partial charge in [0.25, 0.3) is 5.91 Å². The average molecular weight is 345 g/mol. The van der Waals surface area contributed by atoms with Crippen LogP contribution in [0.2, 0.25) is 0 Å². The highest BCUT2D eigenvalue weighted by Gasteiger charge is 2.22. The Kier molecular flexibility index (Phi) is 5.95. The number of aromatic hydroxyl groups is 1. The van der Waals surface area contributed by atoms with Gasteiger partial charge in [0.2, 0.25) is 5.75 Å². The van der Waals surface area contributed by atoms with Crippen molar-refractivity contribution in [3.63, 3.8) is 0 Å². The molecule has 1 aromatic carbocycles. The second-order valence-corrected chi connectivity index (χ2v) is 5.70. The highest BCUT2D eigenvalue weighted by Crippen LogP contribution is 2.37. The summed E-state index contributed by atoms with van der Waals surface area (Å²) in [7, 11) is 0. The van der Waals surface area contributed by atoms with E-state index in [1.807, 2.05) is 6.07 Å². The van der Waals surface area contributed by atoms with E-state index in [0.29, 0.717) is 0 Å². The highest BCUT2D eigenvalue weighted by molar-refractivity contribution is 6.02. The van der Waals surface area contributed by atoms with Crippen LogP contribution in [0.25, 0.3) is 6.08 Å². The third-order valence-electron chi connectivity index (χ3n) is 3.94. The van der Waals surface area contributed by atoms with Gasteiger partial charge in [-0.3, -0.25) is 14.9 Å². The number of ether oxygens (including phenoxy) is 1. The number of nitro groups is 1. The van der Waals surface area contributed by atoms with Crippen molar-refractivity contribution in [1.82, 2.24) is 5.32 Å². The predicted molar refractivity (Wildman–Crippen MR) is 89.9 cm³/mol. The van der Waals surface area contributed by atoms with E-state index in [2.05, 4.69) is 5.32 Å². The molecule has 0 heterocycles. The number of carbonyl (C=O) groups excluding carboxylic acids is 1. The largest absolute Gasteiger partial charge is 0.500 e. The van der Waals surface area contributed by atoms with E-state index < -0.39 is 22.3 Å². The van der Waals surface area contributed by atoms with Crippen LogP contribution in [0.4, 0.5) is 5.69 Å². The molecular formula is C17H19N3O5. The highest BCUT2D eigenvalue weighted by atomic mass is 16.6. The van der Waals surface area contributed by atoms with E-state index >= 15 is 0 Å². The third kappa shape index (κ3) is 4.47. The lowest BCUT2D eigenvalue weighted by Gasteiger charge is -2.11. The van der Waals surface area contributed by atoms with Crippen LogP contribution in [0.5, 0.6) is 11.5 Å². The number of rotatable bonds is 6. The number of amides is 1. The zero-order chi connectivity index (χ0) is 18.4. The Morgan fingerprint density at radius 3 is 2.76 bits per heavy atom. The lowest BCUT2D eigenvalue weighted by atomic mass is 10.1. The van der Waals surface area contributed by atoms with Crippen LogP contribution in [0.3, 0.4) is 0 Å². The van der Waals surface area contributed by atoms with E-state index in [4.69, 9.17) is 4.74 Å². The molecule has 25 heavy (non-hydrogen) atoms. The molecule has 0 atom stereocenters. The van der Waals surface area contributed by atoms with Gasteiger partial charge in [-0.1, -0.05) is 12.8 Å². The van der Waals surface area contributed by atoms with Gasteiger partial charge in [0.15, 0.2) is 5.75 Å². The molecule has 1 saturated carbocycles. The van der Waals surface area contributed by atoms with E-state index in [0.717, 1.165) is 31.7 Å². The van der Waals surface area contributed by atoms with Crippen LogP contribution in [0.1, 0.15) is 38.2 Å². The molecule has 1 aliphatic carbocycles. The normalized spacial score (nSPS) is 14.8. The number of hydrogen-bond donors (Lipinski definition) is 2. The minimum absolute atomic E-state index is 0.0531. The Hall–Kier alpha value is -3.08. The standard InChI is InChI=1S/C17H19N3O5/c1-2-25-15-9-11(8-14(16(15)21)20(23)24)7-12(10-18)17(22)19-13-5-3-4-6-13/h7-9,13,21H,2-6H2,1H3,(H,19,22)/b12-7-. The number of nitrogens with zero attached hydrogens (tertiary/aromatic N) is 2. The number of carbonyl (C=O) groups is 1. The predicted octanol–water partition coefficient (Wildman–Crippen LogP) is 2.66. The van der Waals surface area contributed by atoms with Crippen molar-refractivity contribution < 1.29 is 19.6 Å². The van der Waals surface area contributed by atoms with Crippen molar-refractivity contribution >= 4 is 17.7 Å². The molecule has 8 nitrogen and oxygen atoms in total. The monoisotopic (exact) mass is 345 g/mol. The molecule has 0 aliphatic heterocycles. The van der Waals surface area contributed by atoms with Gasteiger partial charge < -0.3 is 15.2 Å². The van der Waals surface area contributed by atoms with Crippen molar-refractivity contribution in [2.24, 2.45) is 0 Å². The van der Waals surface area contributed by atoms with E-state index in [1.165, 1.54) is 12.1 Å². The van der Waals surface area contributed by atoms with Gasteiger partial charge in [0.1, 0.15) is 11.6 Å². The van der Waals surface area contributed by atoms with E-state index in [1.54, 1.807) is 6.92 Å². The molecule has 1 fully saturated rings. The van der Waals surface area contributed by atoms with Gasteiger partial charge in [-0.2, -0.15) is 5.26 Å². The number of benzene rings is 1. The van der Waals surface area contributed by atoms with Gasteiger partial charge in [-0.05, 0) is 37.5 Å². The maximum Gasteiger partial charge on any atom is 0.315 e.